The SMILES string of the molecule is NC(=O)c1ccc(N2CCCCC2)c(NC(=O)c2cnc3ccccc3n2)c1. The van der Waals surface area contributed by atoms with E-state index in [1.54, 1.807) is 12.1 Å². The molecular weight excluding hydrogens is 354 g/mol. The minimum absolute atomic E-state index is 0.216. The van der Waals surface area contributed by atoms with E-state index in [9.17, 15) is 9.59 Å². The Morgan fingerprint density at radius 1 is 1.00 bits per heavy atom. The fraction of sp³-hybridized carbons (Fsp3) is 0.238. The predicted octanol–water partition coefficient (Wildman–Crippen LogP) is 2.97. The number of aromatic nitrogens is 2. The lowest BCUT2D eigenvalue weighted by Crippen LogP contribution is -2.30. The van der Waals surface area contributed by atoms with E-state index in [1.807, 2.05) is 30.3 Å². The summed E-state index contributed by atoms with van der Waals surface area (Å²) in [6, 6.07) is 12.5. The molecule has 142 valence electrons. The van der Waals surface area contributed by atoms with Gasteiger partial charge in [0.05, 0.1) is 28.6 Å². The lowest BCUT2D eigenvalue weighted by Gasteiger charge is -2.30. The molecule has 0 spiro atoms. The smallest absolute Gasteiger partial charge is 0.275 e. The van der Waals surface area contributed by atoms with E-state index in [1.165, 1.54) is 12.6 Å². The van der Waals surface area contributed by atoms with Gasteiger partial charge in [-0.25, -0.2) is 4.98 Å². The third-order valence-corrected chi connectivity index (χ3v) is 4.91. The number of nitrogens with one attached hydrogen (secondary N) is 1. The highest BCUT2D eigenvalue weighted by atomic mass is 16.2. The van der Waals surface area contributed by atoms with Crippen LogP contribution in [0.5, 0.6) is 0 Å². The van der Waals surface area contributed by atoms with Crippen molar-refractivity contribution in [1.29, 1.82) is 0 Å². The first kappa shape index (κ1) is 17.9. The number of nitrogens with zero attached hydrogens (tertiary/aromatic N) is 3. The molecule has 7 heteroatoms. The normalized spacial score (nSPS) is 14.1. The van der Waals surface area contributed by atoms with Crippen LogP contribution in [0.2, 0.25) is 0 Å². The van der Waals surface area contributed by atoms with Gasteiger partial charge in [-0.2, -0.15) is 0 Å². The Bertz CT molecular complexity index is 1040. The Hall–Kier alpha value is -3.48. The molecule has 0 radical (unpaired) electrons. The van der Waals surface area contributed by atoms with Gasteiger partial charge in [0.1, 0.15) is 5.69 Å². The molecule has 3 aromatic rings. The molecule has 2 amide bonds. The molecule has 0 aliphatic carbocycles. The van der Waals surface area contributed by atoms with Crippen molar-refractivity contribution in [2.75, 3.05) is 23.3 Å². The van der Waals surface area contributed by atoms with Gasteiger partial charge in [0, 0.05) is 18.7 Å². The van der Waals surface area contributed by atoms with E-state index < -0.39 is 5.91 Å². The maximum Gasteiger partial charge on any atom is 0.275 e. The number of rotatable bonds is 4. The zero-order valence-corrected chi connectivity index (χ0v) is 15.4. The highest BCUT2D eigenvalue weighted by Crippen LogP contribution is 2.30. The van der Waals surface area contributed by atoms with Crippen molar-refractivity contribution >= 4 is 34.2 Å². The highest BCUT2D eigenvalue weighted by Gasteiger charge is 2.19. The van der Waals surface area contributed by atoms with E-state index >= 15 is 0 Å². The second-order valence-corrected chi connectivity index (χ2v) is 6.84. The number of carbonyl (C=O) groups is 2. The third-order valence-electron chi connectivity index (χ3n) is 4.91. The summed E-state index contributed by atoms with van der Waals surface area (Å²) in [6.45, 7) is 1.82. The van der Waals surface area contributed by atoms with E-state index in [0.717, 1.165) is 37.1 Å². The van der Waals surface area contributed by atoms with E-state index in [2.05, 4.69) is 20.2 Å². The molecule has 0 saturated carbocycles. The van der Waals surface area contributed by atoms with Crippen LogP contribution in [0, 0.1) is 0 Å². The van der Waals surface area contributed by atoms with Crippen LogP contribution in [-0.2, 0) is 0 Å². The van der Waals surface area contributed by atoms with Crippen LogP contribution in [0.1, 0.15) is 40.1 Å². The molecular formula is C21H21N5O2. The van der Waals surface area contributed by atoms with Crippen molar-refractivity contribution < 1.29 is 9.59 Å². The first-order chi connectivity index (χ1) is 13.6. The van der Waals surface area contributed by atoms with Gasteiger partial charge in [0.15, 0.2) is 0 Å². The largest absolute Gasteiger partial charge is 0.370 e. The standard InChI is InChI=1S/C21H21N5O2/c22-20(27)14-8-9-19(26-10-4-1-5-11-26)17(12-14)25-21(28)18-13-23-15-6-2-3-7-16(15)24-18/h2-3,6-9,12-13H,1,4-5,10-11H2,(H2,22,27)(H,25,28). The second kappa shape index (κ2) is 7.64. The van der Waals surface area contributed by atoms with Crippen LogP contribution in [0.15, 0.2) is 48.7 Å². The number of hydrogen-bond acceptors (Lipinski definition) is 5. The number of piperidine rings is 1. The number of anilines is 2. The molecule has 1 aliphatic rings. The molecule has 7 nitrogen and oxygen atoms in total. The molecule has 0 bridgehead atoms. The first-order valence-corrected chi connectivity index (χ1v) is 9.34. The quantitative estimate of drug-likeness (QED) is 0.730. The van der Waals surface area contributed by atoms with Crippen molar-refractivity contribution in [3.63, 3.8) is 0 Å². The predicted molar refractivity (Wildman–Crippen MR) is 109 cm³/mol. The minimum Gasteiger partial charge on any atom is -0.370 e. The Balaban J connectivity index is 1.66. The van der Waals surface area contributed by atoms with Crippen molar-refractivity contribution in [2.24, 2.45) is 5.73 Å². The highest BCUT2D eigenvalue weighted by molar-refractivity contribution is 6.06. The first-order valence-electron chi connectivity index (χ1n) is 9.34. The summed E-state index contributed by atoms with van der Waals surface area (Å²) in [6.07, 6.45) is 4.85. The second-order valence-electron chi connectivity index (χ2n) is 6.84. The van der Waals surface area contributed by atoms with Gasteiger partial charge in [-0.05, 0) is 49.6 Å². The summed E-state index contributed by atoms with van der Waals surface area (Å²) in [5.74, 6) is -0.913. The van der Waals surface area contributed by atoms with Crippen molar-refractivity contribution in [2.45, 2.75) is 19.3 Å². The third kappa shape index (κ3) is 3.64. The summed E-state index contributed by atoms with van der Waals surface area (Å²) in [7, 11) is 0. The molecule has 0 atom stereocenters. The van der Waals surface area contributed by atoms with Crippen LogP contribution in [-0.4, -0.2) is 34.9 Å². The van der Waals surface area contributed by atoms with Gasteiger partial charge in [-0.1, -0.05) is 12.1 Å². The summed E-state index contributed by atoms with van der Waals surface area (Å²) >= 11 is 0. The Kier molecular flexibility index (Phi) is 4.89. The van der Waals surface area contributed by atoms with Gasteiger partial charge in [0.25, 0.3) is 5.91 Å². The van der Waals surface area contributed by atoms with Crippen molar-refractivity contribution in [3.05, 3.63) is 59.9 Å². The summed E-state index contributed by atoms with van der Waals surface area (Å²) < 4.78 is 0. The minimum atomic E-state index is -0.536. The Morgan fingerprint density at radius 3 is 2.50 bits per heavy atom. The number of benzene rings is 2. The molecule has 3 N–H and O–H groups in total. The molecule has 1 saturated heterocycles. The van der Waals surface area contributed by atoms with Crippen LogP contribution in [0.4, 0.5) is 11.4 Å². The summed E-state index contributed by atoms with van der Waals surface area (Å²) in [4.78, 5) is 35.3. The van der Waals surface area contributed by atoms with Gasteiger partial charge >= 0.3 is 0 Å². The van der Waals surface area contributed by atoms with E-state index in [0.29, 0.717) is 16.8 Å². The van der Waals surface area contributed by atoms with Gasteiger partial charge in [-0.3, -0.25) is 14.6 Å². The van der Waals surface area contributed by atoms with Crippen LogP contribution in [0.25, 0.3) is 11.0 Å². The monoisotopic (exact) mass is 375 g/mol. The molecule has 2 heterocycles. The average molecular weight is 375 g/mol. The molecule has 0 unspecified atom stereocenters. The average Bonchev–Trinajstić information content (AvgIpc) is 2.74. The lowest BCUT2D eigenvalue weighted by atomic mass is 10.1. The molecule has 2 aromatic carbocycles. The molecule has 1 aliphatic heterocycles. The number of nitrogens with two attached hydrogens (primary N) is 1. The Labute approximate surface area is 162 Å². The van der Waals surface area contributed by atoms with Crippen LogP contribution in [0.3, 0.4) is 0 Å². The number of fused-ring (bicyclic) bond motifs is 1. The number of amides is 2. The number of carbonyl (C=O) groups excluding carboxylic acids is 2. The van der Waals surface area contributed by atoms with E-state index in [-0.39, 0.29) is 11.6 Å². The van der Waals surface area contributed by atoms with Crippen molar-refractivity contribution in [1.82, 2.24) is 9.97 Å². The number of primary amides is 1. The summed E-state index contributed by atoms with van der Waals surface area (Å²) in [5, 5.41) is 2.89. The summed E-state index contributed by atoms with van der Waals surface area (Å²) in [5.41, 5.74) is 8.80. The maximum absolute atomic E-state index is 12.8. The maximum atomic E-state index is 12.8. The molecule has 28 heavy (non-hydrogen) atoms. The fourth-order valence-corrected chi connectivity index (χ4v) is 3.45. The zero-order valence-electron chi connectivity index (χ0n) is 15.4. The number of para-hydroxylation sites is 2. The number of hydrogen-bond donors (Lipinski definition) is 2. The van der Waals surface area contributed by atoms with E-state index in [4.69, 9.17) is 5.73 Å². The van der Waals surface area contributed by atoms with Crippen LogP contribution < -0.4 is 16.0 Å². The molecule has 1 fully saturated rings. The Morgan fingerprint density at radius 2 is 1.75 bits per heavy atom. The van der Waals surface area contributed by atoms with Gasteiger partial charge in [0.2, 0.25) is 5.91 Å². The molecule has 4 rings (SSSR count). The topological polar surface area (TPSA) is 101 Å². The van der Waals surface area contributed by atoms with Crippen molar-refractivity contribution in [3.8, 4) is 0 Å². The van der Waals surface area contributed by atoms with Gasteiger partial charge in [-0.15, -0.1) is 0 Å². The molecule has 1 aromatic heterocycles. The van der Waals surface area contributed by atoms with Crippen LogP contribution >= 0.6 is 0 Å². The lowest BCUT2D eigenvalue weighted by molar-refractivity contribution is 0.0995. The zero-order chi connectivity index (χ0) is 19.5. The van der Waals surface area contributed by atoms with Gasteiger partial charge < -0.3 is 16.0 Å². The fourth-order valence-electron chi connectivity index (χ4n) is 3.45.